The number of rotatable bonds is 6. The Labute approximate surface area is 213 Å². The first kappa shape index (κ1) is 23.2. The lowest BCUT2D eigenvalue weighted by Gasteiger charge is -2.31. The molecule has 0 saturated carbocycles. The summed E-state index contributed by atoms with van der Waals surface area (Å²) in [7, 11) is 0. The third-order valence-corrected chi connectivity index (χ3v) is 7.43. The molecule has 8 heteroatoms. The number of hydrogen-bond acceptors (Lipinski definition) is 7. The van der Waals surface area contributed by atoms with Crippen molar-refractivity contribution in [1.29, 1.82) is 0 Å². The summed E-state index contributed by atoms with van der Waals surface area (Å²) in [6.07, 6.45) is 2.01. The number of nitrogens with two attached hydrogens (primary N) is 1. The highest BCUT2D eigenvalue weighted by Crippen LogP contribution is 2.39. The number of aromatic nitrogens is 2. The number of aryl methyl sites for hydroxylation is 1. The third-order valence-electron chi connectivity index (χ3n) is 7.43. The molecule has 0 fully saturated rings. The van der Waals surface area contributed by atoms with Crippen LogP contribution in [-0.2, 0) is 34.7 Å². The highest BCUT2D eigenvalue weighted by molar-refractivity contribution is 5.96. The molecule has 1 atom stereocenters. The van der Waals surface area contributed by atoms with Gasteiger partial charge in [0.15, 0.2) is 5.60 Å². The van der Waals surface area contributed by atoms with Gasteiger partial charge in [0, 0.05) is 28.7 Å². The van der Waals surface area contributed by atoms with Crippen LogP contribution in [0.25, 0.3) is 22.3 Å². The van der Waals surface area contributed by atoms with E-state index in [-0.39, 0.29) is 18.6 Å². The van der Waals surface area contributed by atoms with E-state index in [9.17, 15) is 14.7 Å². The summed E-state index contributed by atoms with van der Waals surface area (Å²) in [6.45, 7) is 2.66. The molecule has 2 aromatic carbocycles. The number of nitrogen functional groups attached to an aromatic ring is 1. The number of esters is 1. The van der Waals surface area contributed by atoms with Crippen molar-refractivity contribution in [2.24, 2.45) is 0 Å². The largest absolute Gasteiger partial charge is 0.458 e. The Morgan fingerprint density at radius 2 is 1.97 bits per heavy atom. The van der Waals surface area contributed by atoms with Crippen molar-refractivity contribution >= 4 is 28.2 Å². The van der Waals surface area contributed by atoms with Crippen LogP contribution in [0, 0.1) is 0 Å². The van der Waals surface area contributed by atoms with Gasteiger partial charge in [-0.3, -0.25) is 4.79 Å². The topological polar surface area (TPSA) is 119 Å². The average molecular weight is 497 g/mol. The second kappa shape index (κ2) is 8.74. The Balaban J connectivity index is 1.39. The van der Waals surface area contributed by atoms with Crippen LogP contribution in [0.5, 0.6) is 0 Å². The molecular weight excluding hydrogens is 468 g/mol. The number of aliphatic hydroxyl groups is 1. The van der Waals surface area contributed by atoms with Crippen LogP contribution in [0.1, 0.15) is 42.0 Å². The zero-order valence-electron chi connectivity index (χ0n) is 20.6. The normalized spacial score (nSPS) is 17.7. The fourth-order valence-corrected chi connectivity index (χ4v) is 5.42. The number of fused-ring (bicyclic) bond motifs is 5. The molecule has 0 spiro atoms. The fourth-order valence-electron chi connectivity index (χ4n) is 5.42. The molecule has 37 heavy (non-hydrogen) atoms. The molecule has 0 bridgehead atoms. The van der Waals surface area contributed by atoms with Crippen LogP contribution in [0.4, 0.5) is 11.4 Å². The van der Waals surface area contributed by atoms with Gasteiger partial charge < -0.3 is 25.5 Å². The summed E-state index contributed by atoms with van der Waals surface area (Å²) in [6, 6.07) is 17.9. The summed E-state index contributed by atoms with van der Waals surface area (Å²) in [4.78, 5) is 30.8. The molecule has 2 aromatic heterocycles. The number of nitrogens with one attached hydrogen (secondary N) is 1. The SMILES string of the molecule is CC[C@@]1(O)C(=O)OCc2c1cc1n(c2=O)Cc2cc3cc(N)cc(NCCCc4ccccc4)c3nc2-1. The van der Waals surface area contributed by atoms with Crippen molar-refractivity contribution in [1.82, 2.24) is 9.55 Å². The molecule has 0 aliphatic carbocycles. The van der Waals surface area contributed by atoms with Gasteiger partial charge in [-0.15, -0.1) is 0 Å². The molecule has 188 valence electrons. The zero-order chi connectivity index (χ0) is 25.7. The highest BCUT2D eigenvalue weighted by Gasteiger charge is 2.45. The number of hydrogen-bond donors (Lipinski definition) is 3. The Hall–Kier alpha value is -4.17. The predicted octanol–water partition coefficient (Wildman–Crippen LogP) is 3.71. The minimum absolute atomic E-state index is 0.107. The minimum Gasteiger partial charge on any atom is -0.458 e. The second-order valence-corrected chi connectivity index (χ2v) is 9.76. The first-order valence-corrected chi connectivity index (χ1v) is 12.6. The number of cyclic esters (lactones) is 1. The van der Waals surface area contributed by atoms with E-state index in [1.165, 1.54) is 5.56 Å². The van der Waals surface area contributed by atoms with Crippen molar-refractivity contribution in [3.8, 4) is 11.4 Å². The lowest BCUT2D eigenvalue weighted by molar-refractivity contribution is -0.172. The second-order valence-electron chi connectivity index (χ2n) is 9.76. The van der Waals surface area contributed by atoms with Crippen LogP contribution in [-0.4, -0.2) is 27.2 Å². The molecule has 0 radical (unpaired) electrons. The molecule has 6 rings (SSSR count). The summed E-state index contributed by atoms with van der Waals surface area (Å²) in [5.74, 6) is -0.728. The first-order valence-electron chi connectivity index (χ1n) is 12.6. The third kappa shape index (κ3) is 3.76. The van der Waals surface area contributed by atoms with Gasteiger partial charge in [0.2, 0.25) is 0 Å². The molecule has 2 aliphatic heterocycles. The zero-order valence-corrected chi connectivity index (χ0v) is 20.6. The van der Waals surface area contributed by atoms with E-state index in [1.54, 1.807) is 17.6 Å². The lowest BCUT2D eigenvalue weighted by Crippen LogP contribution is -2.44. The molecule has 4 aromatic rings. The molecule has 4 heterocycles. The number of carbonyl (C=O) groups excluding carboxylic acids is 1. The quantitative estimate of drug-likeness (QED) is 0.186. The fraction of sp³-hybridized carbons (Fsp3) is 0.276. The maximum Gasteiger partial charge on any atom is 0.343 e. The van der Waals surface area contributed by atoms with E-state index >= 15 is 0 Å². The van der Waals surface area contributed by atoms with E-state index in [4.69, 9.17) is 15.5 Å². The maximum atomic E-state index is 13.4. The molecular formula is C29H28N4O4. The standard InChI is InChI=1S/C29H28N4O4/c1-2-29(36)22-14-24-26-19(15-33(24)27(34)21(22)16-37-28(29)35)11-18-12-20(30)13-23(25(18)32-26)31-10-6-9-17-7-4-3-5-8-17/h3-5,7-8,11-14,31,36H,2,6,9-10,15-16,30H2,1H3/t29-/m0/s1. The minimum atomic E-state index is -1.85. The van der Waals surface area contributed by atoms with Gasteiger partial charge in [-0.25, -0.2) is 9.78 Å². The van der Waals surface area contributed by atoms with Gasteiger partial charge in [-0.2, -0.15) is 0 Å². The summed E-state index contributed by atoms with van der Waals surface area (Å²) >= 11 is 0. The number of carbonyl (C=O) groups is 1. The van der Waals surface area contributed by atoms with Gasteiger partial charge in [-0.05, 0) is 49.1 Å². The molecule has 0 saturated heterocycles. The summed E-state index contributed by atoms with van der Waals surface area (Å²) in [5, 5.41) is 15.5. The Kier molecular flexibility index (Phi) is 5.49. The monoisotopic (exact) mass is 496 g/mol. The van der Waals surface area contributed by atoms with E-state index in [0.29, 0.717) is 34.7 Å². The van der Waals surface area contributed by atoms with Gasteiger partial charge in [0.25, 0.3) is 5.56 Å². The van der Waals surface area contributed by atoms with Gasteiger partial charge in [0.1, 0.15) is 6.61 Å². The number of anilines is 2. The number of benzene rings is 2. The maximum absolute atomic E-state index is 13.4. The average Bonchev–Trinajstić information content (AvgIpc) is 3.26. The summed E-state index contributed by atoms with van der Waals surface area (Å²) in [5.41, 5.74) is 10.4. The Bertz CT molecular complexity index is 1610. The molecule has 4 N–H and O–H groups in total. The molecule has 8 nitrogen and oxygen atoms in total. The van der Waals surface area contributed by atoms with E-state index in [0.717, 1.165) is 41.5 Å². The summed E-state index contributed by atoms with van der Waals surface area (Å²) < 4.78 is 6.80. The van der Waals surface area contributed by atoms with Gasteiger partial charge >= 0.3 is 5.97 Å². The van der Waals surface area contributed by atoms with Crippen molar-refractivity contribution < 1.29 is 14.6 Å². The lowest BCUT2D eigenvalue weighted by atomic mass is 9.86. The predicted molar refractivity (Wildman–Crippen MR) is 142 cm³/mol. The van der Waals surface area contributed by atoms with Crippen LogP contribution in [0.3, 0.4) is 0 Å². The van der Waals surface area contributed by atoms with Crippen molar-refractivity contribution in [2.45, 2.75) is 44.9 Å². The van der Waals surface area contributed by atoms with Crippen LogP contribution < -0.4 is 16.6 Å². The van der Waals surface area contributed by atoms with Crippen molar-refractivity contribution in [3.05, 3.63) is 87.2 Å². The van der Waals surface area contributed by atoms with Crippen LogP contribution >= 0.6 is 0 Å². The number of nitrogens with zero attached hydrogens (tertiary/aromatic N) is 2. The Morgan fingerprint density at radius 1 is 1.16 bits per heavy atom. The molecule has 2 aliphatic rings. The smallest absolute Gasteiger partial charge is 0.343 e. The van der Waals surface area contributed by atoms with Crippen LogP contribution in [0.15, 0.2) is 59.4 Å². The van der Waals surface area contributed by atoms with E-state index in [2.05, 4.69) is 17.4 Å². The van der Waals surface area contributed by atoms with Gasteiger partial charge in [0.05, 0.1) is 34.7 Å². The highest BCUT2D eigenvalue weighted by atomic mass is 16.6. The van der Waals surface area contributed by atoms with Crippen molar-refractivity contribution in [2.75, 3.05) is 17.6 Å². The van der Waals surface area contributed by atoms with E-state index in [1.807, 2.05) is 36.4 Å². The Morgan fingerprint density at radius 3 is 2.76 bits per heavy atom. The first-order chi connectivity index (χ1) is 17.9. The van der Waals surface area contributed by atoms with Gasteiger partial charge in [-0.1, -0.05) is 37.3 Å². The van der Waals surface area contributed by atoms with Crippen molar-refractivity contribution in [3.63, 3.8) is 0 Å². The van der Waals surface area contributed by atoms with Crippen LogP contribution in [0.2, 0.25) is 0 Å². The number of pyridine rings is 2. The van der Waals surface area contributed by atoms with E-state index < -0.39 is 11.6 Å². The molecule has 0 amide bonds. The molecule has 0 unspecified atom stereocenters. The number of ether oxygens (including phenoxy) is 1.